The summed E-state index contributed by atoms with van der Waals surface area (Å²) in [7, 11) is -26.6. The molecule has 2 aliphatic heterocycles. The van der Waals surface area contributed by atoms with Gasteiger partial charge >= 0.3 is 29.6 Å². The first-order valence-electron chi connectivity index (χ1n) is 24.0. The van der Waals surface area contributed by atoms with Crippen LogP contribution in [0.15, 0.2) is 82.8 Å². The van der Waals surface area contributed by atoms with Gasteiger partial charge in [-0.3, -0.25) is 13.9 Å². The number of carbonyl (C=O) groups excluding carboxylic acids is 2. The molecule has 0 spiro atoms. The SMILES string of the molecule is CCN1/C2=C/C=C/C3=[N+](CCCCCC(=O)NCCNC(=O)O[C@@H]4[C@@H](COP(=O)(O)OP(=O)(O)OP(=O)(O)O)C[C@@H](n5cnc6c(N)ncnc65)[C@@H]4O)c4ccc(S(=O)(=O)O)cc4C3(C)CC2(C)c2cc(S(=O)(=O)[O-])ccc21. The average molecular weight is 1190 g/mol. The van der Waals surface area contributed by atoms with Crippen LogP contribution in [0.5, 0.6) is 0 Å². The number of nitrogens with one attached hydrogen (secondary N) is 2. The number of anilines is 2. The van der Waals surface area contributed by atoms with Crippen molar-refractivity contribution in [3.8, 4) is 0 Å². The van der Waals surface area contributed by atoms with Gasteiger partial charge in [0.15, 0.2) is 17.2 Å². The van der Waals surface area contributed by atoms with Crippen molar-refractivity contribution >= 4 is 89.8 Å². The van der Waals surface area contributed by atoms with Crippen molar-refractivity contribution in [1.29, 1.82) is 0 Å². The van der Waals surface area contributed by atoms with Crippen molar-refractivity contribution in [2.45, 2.75) is 98.2 Å². The highest BCUT2D eigenvalue weighted by molar-refractivity contribution is 7.86. The van der Waals surface area contributed by atoms with E-state index in [4.69, 9.17) is 24.8 Å². The van der Waals surface area contributed by atoms with Crippen LogP contribution in [0.2, 0.25) is 0 Å². The molecule has 4 aromatic rings. The Hall–Kier alpha value is -5.33. The van der Waals surface area contributed by atoms with Crippen LogP contribution >= 0.6 is 23.5 Å². The minimum atomic E-state index is -5.87. The van der Waals surface area contributed by atoms with E-state index in [1.165, 1.54) is 35.2 Å². The Morgan fingerprint density at radius 3 is 2.32 bits per heavy atom. The summed E-state index contributed by atoms with van der Waals surface area (Å²) in [6.45, 7) is 5.70. The van der Waals surface area contributed by atoms with Crippen LogP contribution in [-0.4, -0.2) is 137 Å². The number of aliphatic hydroxyl groups is 1. The third-order valence-corrected chi connectivity index (χ3v) is 19.6. The van der Waals surface area contributed by atoms with Crippen molar-refractivity contribution in [2.75, 3.05) is 43.4 Å². The molecule has 2 amide bonds. The van der Waals surface area contributed by atoms with Gasteiger partial charge in [0, 0.05) is 72.9 Å². The number of aromatic nitrogens is 4. The molecule has 34 heteroatoms. The number of ether oxygens (including phenoxy) is 1. The number of nitrogen functional groups attached to an aromatic ring is 1. The third kappa shape index (κ3) is 12.3. The lowest BCUT2D eigenvalue weighted by atomic mass is 9.64. The molecule has 4 aliphatic rings. The molecule has 4 heterocycles. The molecule has 2 aliphatic carbocycles. The highest BCUT2D eigenvalue weighted by Crippen LogP contribution is 2.66. The molecule has 29 nitrogen and oxygen atoms in total. The molecule has 8 rings (SSSR count). The fourth-order valence-corrected chi connectivity index (χ4v) is 15.0. The van der Waals surface area contributed by atoms with E-state index in [2.05, 4.69) is 43.7 Å². The van der Waals surface area contributed by atoms with E-state index in [9.17, 15) is 64.1 Å². The molecule has 1 fully saturated rings. The van der Waals surface area contributed by atoms with Crippen LogP contribution in [0.3, 0.4) is 0 Å². The Bertz CT molecular complexity index is 3540. The third-order valence-electron chi connectivity index (χ3n) is 14.1. The van der Waals surface area contributed by atoms with Crippen LogP contribution in [0.4, 0.5) is 22.0 Å². The van der Waals surface area contributed by atoms with Crippen molar-refractivity contribution in [2.24, 2.45) is 5.92 Å². The smallest absolute Gasteiger partial charge is 0.490 e. The zero-order chi connectivity index (χ0) is 57.0. The Labute approximate surface area is 446 Å². The summed E-state index contributed by atoms with van der Waals surface area (Å²) in [4.78, 5) is 77.0. The summed E-state index contributed by atoms with van der Waals surface area (Å²) in [6.07, 6.45) is 5.80. The molecule has 1 saturated carbocycles. The highest BCUT2D eigenvalue weighted by Gasteiger charge is 2.56. The number of unbranched alkanes of at least 4 members (excludes halogenated alkanes) is 2. The predicted octanol–water partition coefficient (Wildman–Crippen LogP) is 3.29. The van der Waals surface area contributed by atoms with Crippen molar-refractivity contribution in [3.05, 3.63) is 84.1 Å². The minimum absolute atomic E-state index is 0.00732. The van der Waals surface area contributed by atoms with Gasteiger partial charge in [-0.15, -0.1) is 0 Å². The summed E-state index contributed by atoms with van der Waals surface area (Å²) < 4.78 is 129. The normalized spacial score (nSPS) is 25.6. The lowest BCUT2D eigenvalue weighted by molar-refractivity contribution is -0.438. The highest BCUT2D eigenvalue weighted by atomic mass is 32.2. The number of rotatable bonds is 21. The number of allylic oxidation sites excluding steroid dienone is 4. The number of nitrogens with two attached hydrogens (primary N) is 1. The van der Waals surface area contributed by atoms with Gasteiger partial charge < -0.3 is 59.8 Å². The monoisotopic (exact) mass is 1190 g/mol. The fraction of sp³-hybridized carbons (Fsp3) is 0.455. The number of hydrogen-bond acceptors (Lipinski definition) is 20. The molecule has 8 atom stereocenters. The second-order valence-corrected chi connectivity index (χ2v) is 26.5. The number of fused-ring (bicyclic) bond motifs is 7. The van der Waals surface area contributed by atoms with Crippen LogP contribution in [0, 0.1) is 5.92 Å². The molecule has 0 saturated heterocycles. The lowest BCUT2D eigenvalue weighted by Crippen LogP contribution is -2.41. The van der Waals surface area contributed by atoms with Gasteiger partial charge in [-0.1, -0.05) is 6.08 Å². The van der Waals surface area contributed by atoms with Crippen molar-refractivity contribution < 1.29 is 96.4 Å². The maximum Gasteiger partial charge on any atom is 0.490 e. The average Bonchev–Trinajstić information content (AvgIpc) is 4.02. The molecule has 10 N–H and O–H groups in total. The Balaban J connectivity index is 0.880. The molecular weight excluding hydrogens is 1130 g/mol. The van der Waals surface area contributed by atoms with Gasteiger partial charge in [0.25, 0.3) is 10.1 Å². The summed E-state index contributed by atoms with van der Waals surface area (Å²) in [5.41, 5.74) is 8.76. The Morgan fingerprint density at radius 1 is 0.923 bits per heavy atom. The number of benzene rings is 2. The Morgan fingerprint density at radius 2 is 1.63 bits per heavy atom. The number of carbonyl (C=O) groups is 2. The van der Waals surface area contributed by atoms with E-state index in [0.717, 1.165) is 23.4 Å². The number of imidazole rings is 1. The first kappa shape index (κ1) is 58.8. The summed E-state index contributed by atoms with van der Waals surface area (Å²) in [6, 6.07) is 7.72. The standard InChI is InChI=1S/C44H56N9O20P3S2/c1-4-51-31-14-12-27(77(64,65)66)20-29(31)43(2)23-44(3)30-21-28(78(67,68)69)13-15-32(30)52(35(44)10-8-9-34(43)51)18-7-5-6-11-36(54)46-16-17-47-42(56)71-39-26(22-70-75(60,61)73-76(62,63)72-74(57,58)59)19-33(38(39)55)53-25-50-37-40(45)48-24-49-41(37)53/h8-10,12-15,20-21,24-26,33,38-39,55H,4-7,11,16-19,22-23H2,1-3H3,(H9-,45,46,47,48,49,54,56,57,58,59,60,61,62,63,64,65,66,67,68,69)/t26-,33-,38+,39-,43?,44?/m1/s1. The van der Waals surface area contributed by atoms with Gasteiger partial charge in [0.1, 0.15) is 40.7 Å². The first-order valence-corrected chi connectivity index (χ1v) is 31.4. The zero-order valence-electron chi connectivity index (χ0n) is 41.8. The number of phosphoric ester groups is 1. The zero-order valence-corrected chi connectivity index (χ0v) is 46.1. The molecule has 78 heavy (non-hydrogen) atoms. The van der Waals surface area contributed by atoms with E-state index in [1.54, 1.807) is 12.1 Å². The van der Waals surface area contributed by atoms with Crippen LogP contribution in [-0.2, 0) is 67.4 Å². The Kier molecular flexibility index (Phi) is 16.6. The summed E-state index contributed by atoms with van der Waals surface area (Å²) >= 11 is 0. The lowest BCUT2D eigenvalue weighted by Gasteiger charge is -2.37. The second kappa shape index (κ2) is 22.0. The van der Waals surface area contributed by atoms with Gasteiger partial charge in [0.05, 0.1) is 34.2 Å². The largest absolute Gasteiger partial charge is 0.744 e. The van der Waals surface area contributed by atoms with Gasteiger partial charge in [0.2, 0.25) is 11.6 Å². The number of likely N-dealkylation sites (N-methyl/N-ethyl adjacent to an activating group) is 1. The first-order chi connectivity index (χ1) is 36.4. The number of nitrogens with zero attached hydrogens (tertiary/aromatic N) is 6. The van der Waals surface area contributed by atoms with E-state index in [1.807, 2.05) is 39.0 Å². The topological polar surface area (TPSA) is 435 Å². The van der Waals surface area contributed by atoms with Gasteiger partial charge in [-0.25, -0.2) is 41.9 Å². The second-order valence-electron chi connectivity index (χ2n) is 19.3. The number of hydrogen-bond donors (Lipinski definition) is 9. The van der Waals surface area contributed by atoms with E-state index >= 15 is 0 Å². The van der Waals surface area contributed by atoms with E-state index < -0.39 is 91.4 Å². The van der Waals surface area contributed by atoms with Crippen LogP contribution in [0.1, 0.15) is 76.5 Å². The molecule has 2 aromatic carbocycles. The molecule has 0 radical (unpaired) electrons. The van der Waals surface area contributed by atoms with Gasteiger partial charge in [-0.05, 0) is 88.4 Å². The fourth-order valence-electron chi connectivity index (χ4n) is 10.9. The summed E-state index contributed by atoms with van der Waals surface area (Å²) in [5.74, 6) is -1.51. The van der Waals surface area contributed by atoms with Crippen molar-refractivity contribution in [1.82, 2.24) is 30.2 Å². The molecule has 2 aromatic heterocycles. The maximum atomic E-state index is 13.1. The predicted molar refractivity (Wildman–Crippen MR) is 272 cm³/mol. The summed E-state index contributed by atoms with van der Waals surface area (Å²) in [5, 5.41) is 16.6. The minimum Gasteiger partial charge on any atom is -0.744 e. The van der Waals surface area contributed by atoms with Gasteiger partial charge in [-0.2, -0.15) is 21.6 Å². The molecular formula is C44H56N9O20P3S2. The number of amides is 2. The van der Waals surface area contributed by atoms with Crippen LogP contribution in [0.25, 0.3) is 11.2 Å². The van der Waals surface area contributed by atoms with Crippen molar-refractivity contribution in [3.63, 3.8) is 0 Å². The molecule has 424 valence electrons. The number of aliphatic hydroxyl groups excluding tert-OH is 1. The van der Waals surface area contributed by atoms with E-state index in [-0.39, 0.29) is 58.6 Å². The number of alkyl carbamates (subject to hydrolysis) is 1. The quantitative estimate of drug-likeness (QED) is 0.0250. The maximum absolute atomic E-state index is 13.1. The molecule has 0 bridgehead atoms. The molecule has 4 unspecified atom stereocenters. The number of phosphoric acid groups is 3. The van der Waals surface area contributed by atoms with E-state index in [0.29, 0.717) is 55.6 Å². The van der Waals surface area contributed by atoms with Crippen LogP contribution < -0.4 is 21.3 Å².